The van der Waals surface area contributed by atoms with Crippen LogP contribution in [0.2, 0.25) is 0 Å². The average Bonchev–Trinajstić information content (AvgIpc) is 3.58. The first kappa shape index (κ1) is 39.7. The topological polar surface area (TPSA) is 71.1 Å². The highest BCUT2D eigenvalue weighted by atomic mass is 19.4. The lowest BCUT2D eigenvalue weighted by Crippen LogP contribution is -2.46. The molecule has 2 fully saturated rings. The van der Waals surface area contributed by atoms with Crippen molar-refractivity contribution in [2.75, 3.05) is 6.61 Å². The molecule has 0 aliphatic heterocycles. The molecule has 11 heteroatoms. The van der Waals surface area contributed by atoms with Gasteiger partial charge in [0.15, 0.2) is 0 Å². The molecule has 0 spiro atoms. The molecule has 6 unspecified atom stereocenters. The van der Waals surface area contributed by atoms with Gasteiger partial charge in [-0.25, -0.2) is 13.6 Å². The van der Waals surface area contributed by atoms with Crippen LogP contribution in [0, 0.1) is 23.2 Å². The summed E-state index contributed by atoms with van der Waals surface area (Å²) in [7, 11) is 0. The Bertz CT molecular complexity index is 1150. The number of benzene rings is 1. The Hall–Kier alpha value is -2.43. The smallest absolute Gasteiger partial charge is 0.429 e. The van der Waals surface area contributed by atoms with Crippen LogP contribution in [-0.2, 0) is 29.3 Å². The fraction of sp³-hybridized carbons (Fsp3) is 0.771. The van der Waals surface area contributed by atoms with Crippen molar-refractivity contribution in [3.63, 3.8) is 0 Å². The number of rotatable bonds is 11. The molecule has 0 saturated heterocycles. The maximum absolute atomic E-state index is 13.6. The van der Waals surface area contributed by atoms with E-state index in [-0.39, 0.29) is 18.1 Å². The third kappa shape index (κ3) is 10.3. The van der Waals surface area contributed by atoms with Crippen LogP contribution in [0.15, 0.2) is 24.3 Å². The summed E-state index contributed by atoms with van der Waals surface area (Å²) in [5.41, 5.74) is -3.71. The van der Waals surface area contributed by atoms with Crippen LogP contribution in [0.4, 0.5) is 26.7 Å². The second kappa shape index (κ2) is 15.2. The second-order valence-corrected chi connectivity index (χ2v) is 14.7. The van der Waals surface area contributed by atoms with Crippen LogP contribution in [0.3, 0.4) is 0 Å². The molecule has 2 saturated carbocycles. The van der Waals surface area contributed by atoms with Gasteiger partial charge in [0.1, 0.15) is 5.60 Å². The van der Waals surface area contributed by atoms with Crippen molar-refractivity contribution in [2.24, 2.45) is 23.2 Å². The van der Waals surface area contributed by atoms with Crippen LogP contribution in [0.25, 0.3) is 0 Å². The molecule has 2 aliphatic carbocycles. The van der Waals surface area contributed by atoms with Crippen molar-refractivity contribution < 1.29 is 50.5 Å². The van der Waals surface area contributed by atoms with Crippen LogP contribution in [-0.4, -0.2) is 42.7 Å². The van der Waals surface area contributed by atoms with E-state index in [0.717, 1.165) is 31.2 Å². The number of carbonyl (C=O) groups excluding carboxylic acids is 2. The summed E-state index contributed by atoms with van der Waals surface area (Å²) in [6, 6.07) is 5.95. The lowest BCUT2D eigenvalue weighted by Gasteiger charge is -2.34. The molecule has 1 aromatic rings. The number of alkyl halides is 5. The fourth-order valence-electron chi connectivity index (χ4n) is 5.54. The minimum atomic E-state index is -4.78. The van der Waals surface area contributed by atoms with E-state index in [4.69, 9.17) is 18.9 Å². The first-order valence-corrected chi connectivity index (χ1v) is 16.2. The highest BCUT2D eigenvalue weighted by Crippen LogP contribution is 2.49. The van der Waals surface area contributed by atoms with Crippen molar-refractivity contribution in [1.29, 1.82) is 0 Å². The van der Waals surface area contributed by atoms with Gasteiger partial charge >= 0.3 is 24.7 Å². The van der Waals surface area contributed by atoms with Gasteiger partial charge in [-0.15, -0.1) is 0 Å². The van der Waals surface area contributed by atoms with Gasteiger partial charge in [-0.3, -0.25) is 4.79 Å². The van der Waals surface area contributed by atoms with Gasteiger partial charge < -0.3 is 18.9 Å². The first-order valence-electron chi connectivity index (χ1n) is 16.2. The van der Waals surface area contributed by atoms with Gasteiger partial charge in [0.2, 0.25) is 5.60 Å². The van der Waals surface area contributed by atoms with E-state index in [9.17, 15) is 31.5 Å². The van der Waals surface area contributed by atoms with Crippen molar-refractivity contribution in [2.45, 2.75) is 143 Å². The van der Waals surface area contributed by atoms with Crippen molar-refractivity contribution in [3.8, 4) is 0 Å². The molecule has 2 aliphatic rings. The lowest BCUT2D eigenvalue weighted by atomic mass is 9.89. The van der Waals surface area contributed by atoms with E-state index in [1.54, 1.807) is 46.8 Å². The molecule has 0 heterocycles. The highest BCUT2D eigenvalue weighted by molar-refractivity contribution is 5.76. The average molecular weight is 665 g/mol. The largest absolute Gasteiger partial charge is 0.510 e. The van der Waals surface area contributed by atoms with E-state index in [1.807, 2.05) is 20.8 Å². The molecular weight excluding hydrogens is 611 g/mol. The number of hydrogen-bond acceptors (Lipinski definition) is 6. The summed E-state index contributed by atoms with van der Waals surface area (Å²) >= 11 is 0. The summed E-state index contributed by atoms with van der Waals surface area (Å²) in [6.45, 7) is 16.1. The first-order chi connectivity index (χ1) is 21.0. The van der Waals surface area contributed by atoms with E-state index in [0.29, 0.717) is 18.3 Å². The number of ether oxygens (including phenoxy) is 4. The van der Waals surface area contributed by atoms with Gasteiger partial charge in [0.25, 0.3) is 5.79 Å². The van der Waals surface area contributed by atoms with E-state index < -0.39 is 47.1 Å². The Labute approximate surface area is 271 Å². The summed E-state index contributed by atoms with van der Waals surface area (Å²) in [5.74, 6) is -0.887. The number of esters is 1. The Morgan fingerprint density at radius 2 is 1.46 bits per heavy atom. The lowest BCUT2D eigenvalue weighted by molar-refractivity contribution is -0.281. The monoisotopic (exact) mass is 664 g/mol. The van der Waals surface area contributed by atoms with Gasteiger partial charge in [-0.05, 0) is 103 Å². The maximum atomic E-state index is 13.6. The predicted octanol–water partition coefficient (Wildman–Crippen LogP) is 10.3. The zero-order chi connectivity index (χ0) is 35.3. The molecule has 3 rings (SSSR count). The number of fused-ring (bicyclic) bond motifs is 2. The van der Waals surface area contributed by atoms with E-state index in [2.05, 4.69) is 0 Å². The molecule has 2 bridgehead atoms. The zero-order valence-electron chi connectivity index (χ0n) is 29.0. The summed E-state index contributed by atoms with van der Waals surface area (Å²) in [5, 5.41) is 0. The Kier molecular flexibility index (Phi) is 13.1. The summed E-state index contributed by atoms with van der Waals surface area (Å²) < 4.78 is 87.6. The standard InChI is InChI=1S/C18H25F3O3.C17H28F2O3/c1-7-12(2)13-8-10-14(11-9-13)17(6,18(19,20)21)24-15(22)23-16(3,4)5;1-5-16(2,3)15(20)22-17(4,14(18)19)21-10-13-9-11-6-7-12(13)8-11/h8-12H,7H2,1-6H3;11-14H,5-10H2,1-4H3. The summed E-state index contributed by atoms with van der Waals surface area (Å²) in [4.78, 5) is 23.9. The molecule has 264 valence electrons. The van der Waals surface area contributed by atoms with Crippen molar-refractivity contribution in [1.82, 2.24) is 0 Å². The Morgan fingerprint density at radius 3 is 1.87 bits per heavy atom. The molecule has 0 N–H and O–H groups in total. The number of carbonyl (C=O) groups is 2. The van der Waals surface area contributed by atoms with Crippen LogP contribution in [0.1, 0.15) is 125 Å². The Balaban J connectivity index is 0.000000321. The highest BCUT2D eigenvalue weighted by Gasteiger charge is 2.56. The van der Waals surface area contributed by atoms with Crippen molar-refractivity contribution in [3.05, 3.63) is 35.4 Å². The predicted molar refractivity (Wildman–Crippen MR) is 165 cm³/mol. The zero-order valence-corrected chi connectivity index (χ0v) is 29.0. The molecule has 0 aromatic heterocycles. The SMILES string of the molecule is CCC(C)(C)C(=O)OC(C)(OCC1CC2CCC1C2)C(F)F.CCC(C)c1ccc(C(C)(OC(=O)OC(C)(C)C)C(F)(F)F)cc1. The van der Waals surface area contributed by atoms with Crippen LogP contribution < -0.4 is 0 Å². The van der Waals surface area contributed by atoms with Gasteiger partial charge in [0.05, 0.1) is 12.0 Å². The number of halogens is 5. The normalized spacial score (nSPS) is 23.1. The Morgan fingerprint density at radius 1 is 0.870 bits per heavy atom. The van der Waals surface area contributed by atoms with Crippen LogP contribution in [0.5, 0.6) is 0 Å². The molecule has 46 heavy (non-hydrogen) atoms. The second-order valence-electron chi connectivity index (χ2n) is 14.7. The minimum absolute atomic E-state index is 0.145. The molecule has 1 aromatic carbocycles. The third-order valence-electron chi connectivity index (χ3n) is 9.46. The van der Waals surface area contributed by atoms with E-state index in [1.165, 1.54) is 38.3 Å². The van der Waals surface area contributed by atoms with Crippen molar-refractivity contribution >= 4 is 12.1 Å². The quantitative estimate of drug-likeness (QED) is 0.133. The van der Waals surface area contributed by atoms with Crippen LogP contribution >= 0.6 is 0 Å². The van der Waals surface area contributed by atoms with Gasteiger partial charge in [-0.1, -0.05) is 51.5 Å². The van der Waals surface area contributed by atoms with E-state index >= 15 is 0 Å². The molecule has 6 atom stereocenters. The minimum Gasteiger partial charge on any atom is -0.429 e. The fourth-order valence-corrected chi connectivity index (χ4v) is 5.54. The summed E-state index contributed by atoms with van der Waals surface area (Å²) in [6.07, 6.45) is -2.90. The molecule has 0 amide bonds. The molecule has 6 nitrogen and oxygen atoms in total. The van der Waals surface area contributed by atoms with Gasteiger partial charge in [-0.2, -0.15) is 13.2 Å². The molecule has 0 radical (unpaired) electrons. The third-order valence-corrected chi connectivity index (χ3v) is 9.46. The molecular formula is C35H53F5O6. The number of hydrogen-bond donors (Lipinski definition) is 0. The maximum Gasteiger partial charge on any atom is 0.510 e. The van der Waals surface area contributed by atoms with Gasteiger partial charge in [0, 0.05) is 12.5 Å².